The predicted octanol–water partition coefficient (Wildman–Crippen LogP) is 1.45. The van der Waals surface area contributed by atoms with Crippen LogP contribution in [0.2, 0.25) is 0 Å². The summed E-state index contributed by atoms with van der Waals surface area (Å²) >= 11 is 0. The Kier molecular flexibility index (Phi) is 7.69. The maximum absolute atomic E-state index is 12.2. The quantitative estimate of drug-likeness (QED) is 0.755. The first-order valence-electron chi connectivity index (χ1n) is 8.82. The molecule has 1 aliphatic rings. The van der Waals surface area contributed by atoms with E-state index in [0.29, 0.717) is 5.92 Å². The number of hydrogen-bond donors (Lipinski definition) is 2. The molecule has 1 saturated heterocycles. The van der Waals surface area contributed by atoms with Crippen molar-refractivity contribution in [3.8, 4) is 0 Å². The van der Waals surface area contributed by atoms with Crippen molar-refractivity contribution < 1.29 is 14.6 Å². The average Bonchev–Trinajstić information content (AvgIpc) is 2.61. The number of piperidine rings is 1. The van der Waals surface area contributed by atoms with Crippen LogP contribution < -0.4 is 5.32 Å². The monoisotopic (exact) mass is 334 g/mol. The lowest BCUT2D eigenvalue weighted by atomic mass is 9.89. The molecular weight excluding hydrogens is 304 g/mol. The minimum atomic E-state index is -0.650. The van der Waals surface area contributed by atoms with Crippen LogP contribution in [0.4, 0.5) is 0 Å². The van der Waals surface area contributed by atoms with Crippen LogP contribution in [0.5, 0.6) is 0 Å². The average molecular weight is 334 g/mol. The number of aliphatic hydroxyl groups excluding tert-OH is 1. The number of nitrogens with zero attached hydrogens (tertiary/aromatic N) is 1. The molecule has 2 atom stereocenters. The summed E-state index contributed by atoms with van der Waals surface area (Å²) in [5.74, 6) is 0.675. The molecule has 0 spiro atoms. The molecule has 2 unspecified atom stereocenters. The molecule has 24 heavy (non-hydrogen) atoms. The zero-order valence-corrected chi connectivity index (χ0v) is 14.8. The molecule has 1 aliphatic heterocycles. The van der Waals surface area contributed by atoms with Gasteiger partial charge in [-0.3, -0.25) is 9.69 Å². The Morgan fingerprint density at radius 2 is 2.00 bits per heavy atom. The van der Waals surface area contributed by atoms with Gasteiger partial charge in [-0.15, -0.1) is 0 Å². The van der Waals surface area contributed by atoms with Gasteiger partial charge in [-0.1, -0.05) is 30.3 Å². The molecule has 5 heteroatoms. The van der Waals surface area contributed by atoms with Crippen molar-refractivity contribution in [2.75, 3.05) is 33.4 Å². The van der Waals surface area contributed by atoms with Crippen molar-refractivity contribution in [3.05, 3.63) is 35.9 Å². The minimum Gasteiger partial charge on any atom is -0.389 e. The summed E-state index contributed by atoms with van der Waals surface area (Å²) in [6.45, 7) is 4.32. The van der Waals surface area contributed by atoms with Gasteiger partial charge in [0.05, 0.1) is 18.8 Å². The molecule has 2 rings (SSSR count). The largest absolute Gasteiger partial charge is 0.389 e. The van der Waals surface area contributed by atoms with E-state index in [4.69, 9.17) is 4.74 Å². The summed E-state index contributed by atoms with van der Waals surface area (Å²) in [7, 11) is 1.53. The van der Waals surface area contributed by atoms with Crippen LogP contribution in [-0.2, 0) is 16.0 Å². The highest BCUT2D eigenvalue weighted by atomic mass is 16.5. The smallest absolute Gasteiger partial charge is 0.237 e. The second-order valence-corrected chi connectivity index (χ2v) is 6.70. The number of aliphatic hydroxyl groups is 1. The number of amides is 1. The van der Waals surface area contributed by atoms with E-state index < -0.39 is 6.10 Å². The number of nitrogens with one attached hydrogen (secondary N) is 1. The first-order valence-corrected chi connectivity index (χ1v) is 8.82. The van der Waals surface area contributed by atoms with Crippen molar-refractivity contribution in [2.45, 2.75) is 38.3 Å². The molecule has 0 saturated carbocycles. The van der Waals surface area contributed by atoms with E-state index in [1.165, 1.54) is 12.7 Å². The number of benzene rings is 1. The number of ether oxygens (including phenoxy) is 1. The van der Waals surface area contributed by atoms with E-state index in [-0.39, 0.29) is 25.1 Å². The fraction of sp³-hybridized carbons (Fsp3) is 0.632. The number of likely N-dealkylation sites (tertiary alicyclic amines) is 1. The summed E-state index contributed by atoms with van der Waals surface area (Å²) in [6, 6.07) is 10.5. The fourth-order valence-electron chi connectivity index (χ4n) is 3.28. The first-order chi connectivity index (χ1) is 11.6. The van der Waals surface area contributed by atoms with E-state index >= 15 is 0 Å². The van der Waals surface area contributed by atoms with Gasteiger partial charge >= 0.3 is 0 Å². The Balaban J connectivity index is 1.71. The first kappa shape index (κ1) is 18.9. The number of carbonyl (C=O) groups excluding carboxylic acids is 1. The lowest BCUT2D eigenvalue weighted by molar-refractivity contribution is -0.127. The lowest BCUT2D eigenvalue weighted by Crippen LogP contribution is -2.49. The normalized spacial score (nSPS) is 19.0. The van der Waals surface area contributed by atoms with Gasteiger partial charge in [0.1, 0.15) is 0 Å². The zero-order chi connectivity index (χ0) is 17.4. The molecule has 1 aromatic carbocycles. The van der Waals surface area contributed by atoms with Crippen LogP contribution in [0.3, 0.4) is 0 Å². The molecule has 1 fully saturated rings. The highest BCUT2D eigenvalue weighted by Crippen LogP contribution is 2.22. The summed E-state index contributed by atoms with van der Waals surface area (Å²) in [4.78, 5) is 14.5. The van der Waals surface area contributed by atoms with Gasteiger partial charge in [-0.2, -0.15) is 0 Å². The van der Waals surface area contributed by atoms with Crippen molar-refractivity contribution in [1.82, 2.24) is 10.2 Å². The molecule has 5 nitrogen and oxygen atoms in total. The van der Waals surface area contributed by atoms with Gasteiger partial charge in [-0.25, -0.2) is 0 Å². The number of carbonyl (C=O) groups is 1. The summed E-state index contributed by atoms with van der Waals surface area (Å²) in [5, 5.41) is 12.4. The number of rotatable bonds is 8. The predicted molar refractivity (Wildman–Crippen MR) is 94.8 cm³/mol. The van der Waals surface area contributed by atoms with E-state index in [0.717, 1.165) is 32.4 Å². The maximum atomic E-state index is 12.2. The second kappa shape index (κ2) is 9.77. The molecule has 0 aromatic heterocycles. The van der Waals surface area contributed by atoms with Crippen LogP contribution in [0.1, 0.15) is 25.3 Å². The van der Waals surface area contributed by atoms with Gasteiger partial charge in [0.15, 0.2) is 0 Å². The zero-order valence-electron chi connectivity index (χ0n) is 14.8. The Bertz CT molecular complexity index is 487. The molecular formula is C19H30N2O3. The Labute approximate surface area is 145 Å². The molecule has 0 aliphatic carbocycles. The third kappa shape index (κ3) is 5.89. The topological polar surface area (TPSA) is 61.8 Å². The standard InChI is InChI=1S/C19H30N2O3/c1-15(19(23)20-13-18(22)14-24-2)21-10-8-17(9-11-21)12-16-6-4-3-5-7-16/h3-7,15,17-18,22H,8-14H2,1-2H3,(H,20,23). The van der Waals surface area contributed by atoms with Crippen LogP contribution in [0, 0.1) is 5.92 Å². The van der Waals surface area contributed by atoms with Crippen molar-refractivity contribution in [1.29, 1.82) is 0 Å². The maximum Gasteiger partial charge on any atom is 0.237 e. The van der Waals surface area contributed by atoms with Crippen molar-refractivity contribution in [3.63, 3.8) is 0 Å². The van der Waals surface area contributed by atoms with Crippen molar-refractivity contribution >= 4 is 5.91 Å². The third-order valence-corrected chi connectivity index (χ3v) is 4.81. The van der Waals surface area contributed by atoms with E-state index in [9.17, 15) is 9.90 Å². The molecule has 0 bridgehead atoms. The molecule has 2 N–H and O–H groups in total. The van der Waals surface area contributed by atoms with Gasteiger partial charge in [0.2, 0.25) is 5.91 Å². The van der Waals surface area contributed by atoms with Crippen LogP contribution in [-0.4, -0.2) is 61.4 Å². The number of hydrogen-bond acceptors (Lipinski definition) is 4. The highest BCUT2D eigenvalue weighted by Gasteiger charge is 2.26. The van der Waals surface area contributed by atoms with Gasteiger partial charge in [0, 0.05) is 13.7 Å². The van der Waals surface area contributed by atoms with Crippen LogP contribution >= 0.6 is 0 Å². The summed E-state index contributed by atoms with van der Waals surface area (Å²) in [5.41, 5.74) is 1.40. The van der Waals surface area contributed by atoms with E-state index in [1.807, 2.05) is 6.92 Å². The minimum absolute atomic E-state index is 0.0216. The van der Waals surface area contributed by atoms with Gasteiger partial charge in [0.25, 0.3) is 0 Å². The van der Waals surface area contributed by atoms with Crippen LogP contribution in [0.25, 0.3) is 0 Å². The van der Waals surface area contributed by atoms with E-state index in [1.54, 1.807) is 0 Å². The lowest BCUT2D eigenvalue weighted by Gasteiger charge is -2.35. The van der Waals surface area contributed by atoms with Gasteiger partial charge in [-0.05, 0) is 50.8 Å². The Hall–Kier alpha value is -1.43. The molecule has 134 valence electrons. The van der Waals surface area contributed by atoms with E-state index in [2.05, 4.69) is 40.5 Å². The molecule has 1 amide bonds. The third-order valence-electron chi connectivity index (χ3n) is 4.81. The summed E-state index contributed by atoms with van der Waals surface area (Å²) in [6.07, 6.45) is 2.72. The number of methoxy groups -OCH3 is 1. The Morgan fingerprint density at radius 3 is 2.62 bits per heavy atom. The fourth-order valence-corrected chi connectivity index (χ4v) is 3.28. The van der Waals surface area contributed by atoms with Gasteiger partial charge < -0.3 is 15.2 Å². The van der Waals surface area contributed by atoms with Crippen LogP contribution in [0.15, 0.2) is 30.3 Å². The van der Waals surface area contributed by atoms with Crippen molar-refractivity contribution in [2.24, 2.45) is 5.92 Å². The Morgan fingerprint density at radius 1 is 1.33 bits per heavy atom. The summed E-state index contributed by atoms with van der Waals surface area (Å²) < 4.78 is 4.86. The molecule has 1 heterocycles. The molecule has 0 radical (unpaired) electrons. The highest BCUT2D eigenvalue weighted by molar-refractivity contribution is 5.81. The molecule has 1 aromatic rings. The second-order valence-electron chi connectivity index (χ2n) is 6.70. The SMILES string of the molecule is COCC(O)CNC(=O)C(C)N1CCC(Cc2ccccc2)CC1.